The van der Waals surface area contributed by atoms with Crippen LogP contribution in [0.3, 0.4) is 0 Å². The Kier molecular flexibility index (Phi) is 10.5. The van der Waals surface area contributed by atoms with Crippen LogP contribution < -0.4 is 20.1 Å². The number of benzene rings is 2. The molecule has 0 saturated carbocycles. The summed E-state index contributed by atoms with van der Waals surface area (Å²) in [4.78, 5) is 33.3. The van der Waals surface area contributed by atoms with Gasteiger partial charge in [-0.15, -0.1) is 5.10 Å². The molecule has 1 fully saturated rings. The first-order chi connectivity index (χ1) is 21.4. The number of carbonyl (C=O) groups excluding carboxylic acids is 2. The van der Waals surface area contributed by atoms with E-state index in [0.29, 0.717) is 46.2 Å². The molecule has 0 radical (unpaired) electrons. The van der Waals surface area contributed by atoms with Crippen molar-refractivity contribution in [2.75, 3.05) is 42.7 Å². The van der Waals surface area contributed by atoms with Crippen LogP contribution in [0.25, 0.3) is 0 Å². The van der Waals surface area contributed by atoms with Crippen molar-refractivity contribution in [1.82, 2.24) is 19.7 Å². The third kappa shape index (κ3) is 7.38. The first-order valence-electron chi connectivity index (χ1n) is 15.5. The summed E-state index contributed by atoms with van der Waals surface area (Å²) in [6, 6.07) is 12.7. The smallest absolute Gasteiger partial charge is 0.260 e. The number of fused-ring (bicyclic) bond motifs is 1. The van der Waals surface area contributed by atoms with Crippen molar-refractivity contribution in [2.45, 2.75) is 71.0 Å². The second-order valence-electron chi connectivity index (χ2n) is 11.1. The maximum atomic E-state index is 13.9. The fraction of sp³-hybridized carbons (Fsp3) is 0.455. The van der Waals surface area contributed by atoms with Gasteiger partial charge in [0.15, 0.2) is 18.1 Å². The van der Waals surface area contributed by atoms with Crippen molar-refractivity contribution in [3.8, 4) is 11.5 Å². The highest BCUT2D eigenvalue weighted by Gasteiger charge is 2.35. The number of nitrogens with zero attached hydrogens (tertiary/aromatic N) is 4. The number of piperidine rings is 1. The van der Waals surface area contributed by atoms with Gasteiger partial charge in [0, 0.05) is 30.2 Å². The molecule has 1 saturated heterocycles. The first-order valence-corrected chi connectivity index (χ1v) is 16.5. The van der Waals surface area contributed by atoms with E-state index in [0.717, 1.165) is 62.1 Å². The van der Waals surface area contributed by atoms with Gasteiger partial charge >= 0.3 is 0 Å². The van der Waals surface area contributed by atoms with E-state index in [-0.39, 0.29) is 18.4 Å². The third-order valence-corrected chi connectivity index (χ3v) is 8.65. The molecule has 11 heteroatoms. The van der Waals surface area contributed by atoms with Gasteiger partial charge in [0.25, 0.3) is 11.8 Å². The molecular weight excluding hydrogens is 576 g/mol. The van der Waals surface area contributed by atoms with E-state index in [1.165, 1.54) is 0 Å². The van der Waals surface area contributed by atoms with Gasteiger partial charge < -0.3 is 25.0 Å². The number of unbranched alkanes of at least 4 members (excludes halogenated alkanes) is 1. The molecule has 2 amide bonds. The number of amides is 2. The van der Waals surface area contributed by atoms with Gasteiger partial charge in [-0.2, -0.15) is 4.98 Å². The predicted molar refractivity (Wildman–Crippen MR) is 173 cm³/mol. The minimum Gasteiger partial charge on any atom is -0.490 e. The van der Waals surface area contributed by atoms with E-state index in [2.05, 4.69) is 17.6 Å². The zero-order valence-corrected chi connectivity index (χ0v) is 26.8. The largest absolute Gasteiger partial charge is 0.490 e. The number of likely N-dealkylation sites (tertiary alicyclic amines) is 1. The highest BCUT2D eigenvalue weighted by molar-refractivity contribution is 7.99. The zero-order valence-electron chi connectivity index (χ0n) is 26.0. The number of ether oxygens (including phenoxy) is 2. The van der Waals surface area contributed by atoms with Crippen LogP contribution in [0.15, 0.2) is 58.9 Å². The summed E-state index contributed by atoms with van der Waals surface area (Å²) in [5.41, 5.74) is 3.76. The standard InChI is InChI=1S/C33H42N6O4S/c1-5-7-18-44-33-36-32-34-23(4)29(31(41)35-25-13-11-12-22(3)19-25)30(39(32)37-33)24-14-15-26(27(20-24)42-6-2)43-21-28(40)38-16-9-8-10-17-38/h11-15,19-20,30H,5-10,16-18,21H2,1-4H3,(H,35,41)(H,34,36,37). The van der Waals surface area contributed by atoms with Crippen molar-refractivity contribution in [3.63, 3.8) is 0 Å². The van der Waals surface area contributed by atoms with Gasteiger partial charge in [-0.05, 0) is 81.8 Å². The number of aromatic nitrogens is 3. The number of thioether (sulfide) groups is 1. The Bertz CT molecular complexity index is 1510. The van der Waals surface area contributed by atoms with Crippen molar-refractivity contribution in [3.05, 3.63) is 64.9 Å². The molecule has 1 unspecified atom stereocenters. The minimum atomic E-state index is -0.577. The molecule has 10 nitrogen and oxygen atoms in total. The maximum absolute atomic E-state index is 13.9. The summed E-state index contributed by atoms with van der Waals surface area (Å²) >= 11 is 1.60. The molecule has 5 rings (SSSR count). The summed E-state index contributed by atoms with van der Waals surface area (Å²) in [7, 11) is 0. The summed E-state index contributed by atoms with van der Waals surface area (Å²) in [6.07, 6.45) is 5.35. The molecule has 0 aliphatic carbocycles. The van der Waals surface area contributed by atoms with Crippen LogP contribution in [0.4, 0.5) is 11.6 Å². The van der Waals surface area contributed by atoms with Gasteiger partial charge in [-0.3, -0.25) is 9.59 Å². The monoisotopic (exact) mass is 618 g/mol. The summed E-state index contributed by atoms with van der Waals surface area (Å²) < 4.78 is 13.8. The number of hydrogen-bond donors (Lipinski definition) is 2. The second kappa shape index (κ2) is 14.7. The molecule has 2 aliphatic rings. The Balaban J connectivity index is 1.48. The average Bonchev–Trinajstić information content (AvgIpc) is 3.42. The number of anilines is 2. The molecule has 1 aromatic heterocycles. The van der Waals surface area contributed by atoms with Crippen LogP contribution in [-0.2, 0) is 9.59 Å². The van der Waals surface area contributed by atoms with E-state index in [4.69, 9.17) is 19.6 Å². The number of hydrogen-bond acceptors (Lipinski definition) is 8. The fourth-order valence-corrected chi connectivity index (χ4v) is 6.39. The molecule has 1 atom stereocenters. The molecular formula is C33H42N6O4S. The Hall–Kier alpha value is -3.99. The van der Waals surface area contributed by atoms with Gasteiger partial charge in [0.2, 0.25) is 11.1 Å². The molecule has 44 heavy (non-hydrogen) atoms. The molecule has 3 heterocycles. The highest BCUT2D eigenvalue weighted by atomic mass is 32.2. The van der Waals surface area contributed by atoms with E-state index in [1.807, 2.05) is 68.1 Å². The van der Waals surface area contributed by atoms with Crippen molar-refractivity contribution in [2.24, 2.45) is 0 Å². The van der Waals surface area contributed by atoms with Gasteiger partial charge in [0.1, 0.15) is 6.04 Å². The summed E-state index contributed by atoms with van der Waals surface area (Å²) in [6.45, 7) is 9.83. The molecule has 0 bridgehead atoms. The van der Waals surface area contributed by atoms with Crippen LogP contribution >= 0.6 is 11.8 Å². The molecule has 234 valence electrons. The molecule has 3 aromatic rings. The lowest BCUT2D eigenvalue weighted by molar-refractivity contribution is -0.134. The van der Waals surface area contributed by atoms with Crippen LogP contribution in [0.2, 0.25) is 0 Å². The van der Waals surface area contributed by atoms with E-state index < -0.39 is 6.04 Å². The summed E-state index contributed by atoms with van der Waals surface area (Å²) in [5, 5.41) is 11.9. The van der Waals surface area contributed by atoms with E-state index in [1.54, 1.807) is 16.4 Å². The topological polar surface area (TPSA) is 111 Å². The van der Waals surface area contributed by atoms with Gasteiger partial charge in [-0.1, -0.05) is 43.3 Å². The number of carbonyl (C=O) groups is 2. The molecule has 2 N–H and O–H groups in total. The fourth-order valence-electron chi connectivity index (χ4n) is 5.48. The highest BCUT2D eigenvalue weighted by Crippen LogP contribution is 2.40. The SMILES string of the molecule is CCCCSc1nc2n(n1)C(c1ccc(OCC(=O)N3CCCCC3)c(OCC)c1)C(C(=O)Nc1cccc(C)c1)=C(C)N2. The first kappa shape index (κ1) is 31.4. The van der Waals surface area contributed by atoms with Crippen LogP contribution in [0.1, 0.15) is 70.0 Å². The lowest BCUT2D eigenvalue weighted by Gasteiger charge is -2.29. The van der Waals surface area contributed by atoms with Crippen LogP contribution in [0, 0.1) is 6.92 Å². The maximum Gasteiger partial charge on any atom is 0.260 e. The lowest BCUT2D eigenvalue weighted by atomic mass is 9.94. The van der Waals surface area contributed by atoms with Crippen molar-refractivity contribution < 1.29 is 19.1 Å². The van der Waals surface area contributed by atoms with Crippen molar-refractivity contribution >= 4 is 35.2 Å². The Labute approximate surface area is 263 Å². The Morgan fingerprint density at radius 1 is 1.05 bits per heavy atom. The number of nitrogens with one attached hydrogen (secondary N) is 2. The second-order valence-corrected chi connectivity index (χ2v) is 12.2. The quantitative estimate of drug-likeness (QED) is 0.183. The normalized spacial score (nSPS) is 16.3. The lowest BCUT2D eigenvalue weighted by Crippen LogP contribution is -2.38. The van der Waals surface area contributed by atoms with Gasteiger partial charge in [0.05, 0.1) is 12.2 Å². The third-order valence-electron chi connectivity index (χ3n) is 7.73. The Morgan fingerprint density at radius 3 is 2.61 bits per heavy atom. The molecule has 2 aliphatic heterocycles. The Morgan fingerprint density at radius 2 is 1.86 bits per heavy atom. The van der Waals surface area contributed by atoms with Gasteiger partial charge in [-0.25, -0.2) is 4.68 Å². The van der Waals surface area contributed by atoms with Crippen LogP contribution in [-0.4, -0.2) is 63.5 Å². The predicted octanol–water partition coefficient (Wildman–Crippen LogP) is 6.20. The average molecular weight is 619 g/mol. The number of allylic oxidation sites excluding steroid dienone is 1. The molecule has 2 aromatic carbocycles. The minimum absolute atomic E-state index is 0.0244. The van der Waals surface area contributed by atoms with Crippen molar-refractivity contribution in [1.29, 1.82) is 0 Å². The van der Waals surface area contributed by atoms with E-state index in [9.17, 15) is 9.59 Å². The van der Waals surface area contributed by atoms with E-state index >= 15 is 0 Å². The number of aryl methyl sites for hydroxylation is 1. The zero-order chi connectivity index (χ0) is 31.1. The van der Waals surface area contributed by atoms with Crippen LogP contribution in [0.5, 0.6) is 11.5 Å². The molecule has 0 spiro atoms. The number of rotatable bonds is 12. The summed E-state index contributed by atoms with van der Waals surface area (Å²) in [5.74, 6) is 2.21.